The highest BCUT2D eigenvalue weighted by Gasteiger charge is 2.03. The van der Waals surface area contributed by atoms with E-state index in [1.54, 1.807) is 6.07 Å². The molecule has 0 aliphatic heterocycles. The Morgan fingerprint density at radius 2 is 1.90 bits per heavy atom. The van der Waals surface area contributed by atoms with Crippen molar-refractivity contribution in [3.8, 4) is 5.88 Å². The summed E-state index contributed by atoms with van der Waals surface area (Å²) in [6, 6.07) is 15.4. The van der Waals surface area contributed by atoms with E-state index in [0.29, 0.717) is 25.3 Å². The number of carbonyl (C=O) groups is 1. The van der Waals surface area contributed by atoms with Crippen LogP contribution >= 0.6 is 0 Å². The summed E-state index contributed by atoms with van der Waals surface area (Å²) in [5.41, 5.74) is 1.87. The van der Waals surface area contributed by atoms with Gasteiger partial charge in [-0.25, -0.2) is 4.98 Å². The molecular weight excluding hydrogens is 254 g/mol. The summed E-state index contributed by atoms with van der Waals surface area (Å²) in [7, 11) is 0. The van der Waals surface area contributed by atoms with Gasteiger partial charge in [0.2, 0.25) is 5.88 Å². The van der Waals surface area contributed by atoms with Crippen LogP contribution in [-0.2, 0) is 17.8 Å². The third-order valence-corrected chi connectivity index (χ3v) is 2.85. The molecule has 0 saturated heterocycles. The first kappa shape index (κ1) is 14.2. The van der Waals surface area contributed by atoms with Gasteiger partial charge in [-0.1, -0.05) is 36.4 Å². The Kier molecular flexibility index (Phi) is 5.26. The number of ether oxygens (including phenoxy) is 1. The lowest BCUT2D eigenvalue weighted by Crippen LogP contribution is -2.06. The number of aryl methyl sites for hydroxylation is 1. The standard InChI is InChI=1S/C16H17NO3/c18-11-15(19)10-9-14-7-4-8-16(17-14)20-12-13-5-2-1-3-6-13/h1-8,18H,9-12H2. The zero-order valence-corrected chi connectivity index (χ0v) is 11.2. The van der Waals surface area contributed by atoms with Crippen molar-refractivity contribution >= 4 is 5.78 Å². The highest BCUT2D eigenvalue weighted by atomic mass is 16.5. The van der Waals surface area contributed by atoms with Crippen LogP contribution in [0.1, 0.15) is 17.7 Å². The molecule has 1 N–H and O–H groups in total. The maximum Gasteiger partial charge on any atom is 0.213 e. The molecule has 4 nitrogen and oxygen atoms in total. The first-order valence-electron chi connectivity index (χ1n) is 6.53. The summed E-state index contributed by atoms with van der Waals surface area (Å²) in [6.45, 7) is 0.0526. The largest absolute Gasteiger partial charge is 0.473 e. The van der Waals surface area contributed by atoms with Gasteiger partial charge in [0, 0.05) is 18.2 Å². The monoisotopic (exact) mass is 271 g/mol. The predicted octanol–water partition coefficient (Wildman–Crippen LogP) is 2.15. The summed E-state index contributed by atoms with van der Waals surface area (Å²) < 4.78 is 5.62. The highest BCUT2D eigenvalue weighted by Crippen LogP contribution is 2.11. The van der Waals surface area contributed by atoms with Crippen molar-refractivity contribution < 1.29 is 14.6 Å². The number of aliphatic hydroxyl groups is 1. The molecule has 0 unspecified atom stereocenters. The van der Waals surface area contributed by atoms with Crippen molar-refractivity contribution in [3.05, 3.63) is 59.8 Å². The van der Waals surface area contributed by atoms with Crippen LogP contribution in [0.5, 0.6) is 5.88 Å². The van der Waals surface area contributed by atoms with Crippen molar-refractivity contribution in [3.63, 3.8) is 0 Å². The third kappa shape index (κ3) is 4.48. The fourth-order valence-electron chi connectivity index (χ4n) is 1.76. The van der Waals surface area contributed by atoms with Gasteiger partial charge in [0.05, 0.1) is 0 Å². The Hall–Kier alpha value is -2.20. The molecule has 0 bridgehead atoms. The van der Waals surface area contributed by atoms with Crippen LogP contribution in [0.4, 0.5) is 0 Å². The van der Waals surface area contributed by atoms with Gasteiger partial charge in [0.25, 0.3) is 0 Å². The van der Waals surface area contributed by atoms with E-state index in [9.17, 15) is 4.79 Å². The first-order valence-corrected chi connectivity index (χ1v) is 6.53. The van der Waals surface area contributed by atoms with E-state index >= 15 is 0 Å². The Morgan fingerprint density at radius 3 is 2.65 bits per heavy atom. The lowest BCUT2D eigenvalue weighted by atomic mass is 10.2. The van der Waals surface area contributed by atoms with Gasteiger partial charge in [-0.15, -0.1) is 0 Å². The van der Waals surface area contributed by atoms with Crippen LogP contribution in [0, 0.1) is 0 Å². The molecular formula is C16H17NO3. The molecule has 0 fully saturated rings. The number of hydrogen-bond donors (Lipinski definition) is 1. The molecule has 0 saturated carbocycles. The number of hydrogen-bond acceptors (Lipinski definition) is 4. The molecule has 4 heteroatoms. The second-order valence-electron chi connectivity index (χ2n) is 4.44. The number of pyridine rings is 1. The van der Waals surface area contributed by atoms with Crippen LogP contribution in [-0.4, -0.2) is 22.5 Å². The maximum atomic E-state index is 11.1. The minimum absolute atomic E-state index is 0.178. The zero-order valence-electron chi connectivity index (χ0n) is 11.2. The molecule has 104 valence electrons. The van der Waals surface area contributed by atoms with E-state index in [0.717, 1.165) is 11.3 Å². The number of aromatic nitrogens is 1. The van der Waals surface area contributed by atoms with Crippen LogP contribution in [0.15, 0.2) is 48.5 Å². The van der Waals surface area contributed by atoms with Gasteiger partial charge in [-0.05, 0) is 18.1 Å². The summed E-state index contributed by atoms with van der Waals surface area (Å²) in [5.74, 6) is 0.366. The molecule has 20 heavy (non-hydrogen) atoms. The zero-order chi connectivity index (χ0) is 14.2. The van der Waals surface area contributed by atoms with Gasteiger partial charge in [-0.3, -0.25) is 4.79 Å². The normalized spacial score (nSPS) is 10.2. The molecule has 2 rings (SSSR count). The summed E-state index contributed by atoms with van der Waals surface area (Å²) >= 11 is 0. The van der Waals surface area contributed by atoms with Crippen molar-refractivity contribution in [2.75, 3.05) is 6.61 Å². The Morgan fingerprint density at radius 1 is 1.10 bits per heavy atom. The molecule has 1 heterocycles. The number of Topliss-reactive ketones (excluding diaryl/α,β-unsaturated/α-hetero) is 1. The SMILES string of the molecule is O=C(CO)CCc1cccc(OCc2ccccc2)n1. The average molecular weight is 271 g/mol. The fourth-order valence-corrected chi connectivity index (χ4v) is 1.76. The molecule has 1 aromatic carbocycles. The van der Waals surface area contributed by atoms with Gasteiger partial charge >= 0.3 is 0 Å². The minimum atomic E-state index is -0.413. The molecule has 0 spiro atoms. The smallest absolute Gasteiger partial charge is 0.213 e. The van der Waals surface area contributed by atoms with E-state index in [1.807, 2.05) is 42.5 Å². The van der Waals surface area contributed by atoms with E-state index in [1.165, 1.54) is 0 Å². The van der Waals surface area contributed by atoms with E-state index in [2.05, 4.69) is 4.98 Å². The fraction of sp³-hybridized carbons (Fsp3) is 0.250. The summed E-state index contributed by atoms with van der Waals surface area (Å²) in [5, 5.41) is 8.68. The maximum absolute atomic E-state index is 11.1. The average Bonchev–Trinajstić information content (AvgIpc) is 2.52. The van der Waals surface area contributed by atoms with Crippen molar-refractivity contribution in [2.45, 2.75) is 19.4 Å². The molecule has 0 aliphatic carbocycles. The second kappa shape index (κ2) is 7.40. The van der Waals surface area contributed by atoms with Gasteiger partial charge < -0.3 is 9.84 Å². The van der Waals surface area contributed by atoms with Crippen molar-refractivity contribution in [1.29, 1.82) is 0 Å². The van der Waals surface area contributed by atoms with Crippen molar-refractivity contribution in [2.24, 2.45) is 0 Å². The van der Waals surface area contributed by atoms with Crippen LogP contribution in [0.2, 0.25) is 0 Å². The van der Waals surface area contributed by atoms with Crippen LogP contribution < -0.4 is 4.74 Å². The molecule has 0 aliphatic rings. The molecule has 1 aromatic heterocycles. The number of carbonyl (C=O) groups excluding carboxylic acids is 1. The Bertz CT molecular complexity index is 555. The molecule has 0 amide bonds. The van der Waals surface area contributed by atoms with Crippen molar-refractivity contribution in [1.82, 2.24) is 4.98 Å². The Balaban J connectivity index is 1.90. The van der Waals surface area contributed by atoms with Crippen LogP contribution in [0.3, 0.4) is 0 Å². The quantitative estimate of drug-likeness (QED) is 0.838. The minimum Gasteiger partial charge on any atom is -0.473 e. The number of aliphatic hydroxyl groups excluding tert-OH is 1. The number of benzene rings is 1. The van der Waals surface area contributed by atoms with E-state index in [-0.39, 0.29) is 5.78 Å². The van der Waals surface area contributed by atoms with Crippen LogP contribution in [0.25, 0.3) is 0 Å². The van der Waals surface area contributed by atoms with Gasteiger partial charge in [0.1, 0.15) is 13.2 Å². The molecule has 0 atom stereocenters. The van der Waals surface area contributed by atoms with E-state index < -0.39 is 6.61 Å². The topological polar surface area (TPSA) is 59.4 Å². The number of rotatable bonds is 7. The third-order valence-electron chi connectivity index (χ3n) is 2.85. The lowest BCUT2D eigenvalue weighted by molar-refractivity contribution is -0.121. The number of nitrogens with zero attached hydrogens (tertiary/aromatic N) is 1. The number of ketones is 1. The molecule has 2 aromatic rings. The first-order chi connectivity index (χ1) is 9.78. The molecule has 0 radical (unpaired) electrons. The summed E-state index contributed by atoms with van der Waals surface area (Å²) in [6.07, 6.45) is 0.813. The van der Waals surface area contributed by atoms with E-state index in [4.69, 9.17) is 9.84 Å². The predicted molar refractivity (Wildman–Crippen MR) is 75.4 cm³/mol. The summed E-state index contributed by atoms with van der Waals surface area (Å²) in [4.78, 5) is 15.4. The van der Waals surface area contributed by atoms with Gasteiger partial charge in [-0.2, -0.15) is 0 Å². The lowest BCUT2D eigenvalue weighted by Gasteiger charge is -2.07. The Labute approximate surface area is 118 Å². The highest BCUT2D eigenvalue weighted by molar-refractivity contribution is 5.79. The van der Waals surface area contributed by atoms with Gasteiger partial charge in [0.15, 0.2) is 5.78 Å². The second-order valence-corrected chi connectivity index (χ2v) is 4.44.